The van der Waals surface area contributed by atoms with E-state index in [0.717, 1.165) is 69.1 Å². The van der Waals surface area contributed by atoms with Crippen LogP contribution in [0.5, 0.6) is 23.0 Å². The quantitative estimate of drug-likeness (QED) is 0.242. The van der Waals surface area contributed by atoms with Crippen LogP contribution in [0.25, 0.3) is 21.5 Å². The maximum atomic E-state index is 10.5. The molecule has 1 aliphatic heterocycles. The van der Waals surface area contributed by atoms with Crippen molar-refractivity contribution in [2.75, 3.05) is 6.54 Å². The number of hydrogen-bond acceptors (Lipinski definition) is 4. The van der Waals surface area contributed by atoms with Gasteiger partial charge in [0.25, 0.3) is 0 Å². The van der Waals surface area contributed by atoms with Gasteiger partial charge in [0.1, 0.15) is 28.5 Å². The monoisotopic (exact) mass is 461 g/mol. The molecule has 0 saturated carbocycles. The largest absolute Gasteiger partial charge is 0.508 e. The smallest absolute Gasteiger partial charge is 0.133 e. The fourth-order valence-electron chi connectivity index (χ4n) is 5.47. The molecule has 0 radical (unpaired) electrons. The van der Waals surface area contributed by atoms with Gasteiger partial charge in [-0.2, -0.15) is 0 Å². The highest BCUT2D eigenvalue weighted by Crippen LogP contribution is 2.55. The Balaban J connectivity index is 1.81. The molecule has 0 aliphatic carbocycles. The Labute approximate surface area is 204 Å². The van der Waals surface area contributed by atoms with E-state index in [9.17, 15) is 10.2 Å². The fraction of sp³-hybridized carbons (Fsp3) is 0.161. The molecule has 1 heterocycles. The number of hydrogen-bond donors (Lipinski definition) is 3. The van der Waals surface area contributed by atoms with Gasteiger partial charge in [-0.15, -0.1) is 0 Å². The molecule has 4 heteroatoms. The van der Waals surface area contributed by atoms with E-state index in [-0.39, 0.29) is 11.5 Å². The number of unbranched alkanes of at least 4 members (excludes halogenated alkanes) is 1. The van der Waals surface area contributed by atoms with Crippen LogP contribution in [-0.2, 0) is 5.54 Å². The van der Waals surface area contributed by atoms with Crippen LogP contribution in [0.3, 0.4) is 0 Å². The zero-order valence-corrected chi connectivity index (χ0v) is 19.6. The van der Waals surface area contributed by atoms with Gasteiger partial charge in [-0.1, -0.05) is 67.9 Å². The number of benzene rings is 5. The second kappa shape index (κ2) is 8.33. The molecule has 0 fully saturated rings. The summed E-state index contributed by atoms with van der Waals surface area (Å²) in [5.74, 6) is 1.93. The van der Waals surface area contributed by atoms with Crippen LogP contribution in [0.15, 0.2) is 91.0 Å². The molecular weight excluding hydrogens is 434 g/mol. The first kappa shape index (κ1) is 21.5. The van der Waals surface area contributed by atoms with E-state index in [1.54, 1.807) is 12.1 Å². The number of ether oxygens (including phenoxy) is 1. The third kappa shape index (κ3) is 3.33. The van der Waals surface area contributed by atoms with E-state index >= 15 is 0 Å². The van der Waals surface area contributed by atoms with Crippen LogP contribution in [0.2, 0.25) is 0 Å². The van der Waals surface area contributed by atoms with Crippen LogP contribution < -0.4 is 10.1 Å². The summed E-state index contributed by atoms with van der Waals surface area (Å²) in [6, 6.07) is 29.5. The number of nitrogens with one attached hydrogen (secondary N) is 1. The Morgan fingerprint density at radius 2 is 1.26 bits per heavy atom. The molecule has 0 saturated heterocycles. The van der Waals surface area contributed by atoms with E-state index < -0.39 is 5.54 Å². The molecule has 0 bridgehead atoms. The van der Waals surface area contributed by atoms with Gasteiger partial charge in [0, 0.05) is 11.1 Å². The lowest BCUT2D eigenvalue weighted by molar-refractivity contribution is 0.381. The number of fused-ring (bicyclic) bond motifs is 6. The van der Waals surface area contributed by atoms with Crippen molar-refractivity contribution in [3.05, 3.63) is 108 Å². The second-order valence-electron chi connectivity index (χ2n) is 9.19. The molecule has 0 atom stereocenters. The summed E-state index contributed by atoms with van der Waals surface area (Å²) < 4.78 is 6.55. The van der Waals surface area contributed by atoms with Crippen molar-refractivity contribution in [1.29, 1.82) is 0 Å². The first-order valence-electron chi connectivity index (χ1n) is 12.1. The van der Waals surface area contributed by atoms with Crippen molar-refractivity contribution < 1.29 is 14.9 Å². The van der Waals surface area contributed by atoms with Crippen molar-refractivity contribution in [2.24, 2.45) is 0 Å². The van der Waals surface area contributed by atoms with Crippen molar-refractivity contribution in [3.8, 4) is 23.0 Å². The molecule has 6 rings (SSSR count). The standard InChI is InChI=1S/C31H27NO3/c1-2-3-17-32-31(22-7-5-4-6-8-22)29-25-18-23(33)13-9-20(25)11-15-27(29)35-28-16-12-21-10-14-24(34)19-26(21)30(28)31/h4-16,18-19,32-34H,2-3,17H2,1H3. The average Bonchev–Trinajstić information content (AvgIpc) is 2.88. The van der Waals surface area contributed by atoms with Gasteiger partial charge in [0.05, 0.1) is 0 Å². The fourth-order valence-corrected chi connectivity index (χ4v) is 5.47. The maximum absolute atomic E-state index is 10.5. The Bertz CT molecular complexity index is 1470. The minimum absolute atomic E-state index is 0.211. The molecule has 4 nitrogen and oxygen atoms in total. The molecule has 1 aliphatic rings. The van der Waals surface area contributed by atoms with Gasteiger partial charge < -0.3 is 14.9 Å². The van der Waals surface area contributed by atoms with Crippen LogP contribution >= 0.6 is 0 Å². The molecule has 3 N–H and O–H groups in total. The van der Waals surface area contributed by atoms with Crippen LogP contribution in [-0.4, -0.2) is 16.8 Å². The summed E-state index contributed by atoms with van der Waals surface area (Å²) in [5, 5.41) is 28.8. The van der Waals surface area contributed by atoms with Crippen LogP contribution in [0.4, 0.5) is 0 Å². The second-order valence-corrected chi connectivity index (χ2v) is 9.19. The van der Waals surface area contributed by atoms with E-state index in [1.165, 1.54) is 0 Å². The van der Waals surface area contributed by atoms with E-state index in [4.69, 9.17) is 4.74 Å². The normalized spacial score (nSPS) is 13.9. The zero-order valence-electron chi connectivity index (χ0n) is 19.6. The van der Waals surface area contributed by atoms with E-state index in [0.29, 0.717) is 0 Å². The van der Waals surface area contributed by atoms with E-state index in [2.05, 4.69) is 36.5 Å². The predicted octanol–water partition coefficient (Wildman–Crippen LogP) is 7.19. The third-order valence-corrected chi connectivity index (χ3v) is 7.03. The Kier molecular flexibility index (Phi) is 5.12. The number of phenolic OH excluding ortho intramolecular Hbond substituents is 2. The lowest BCUT2D eigenvalue weighted by Crippen LogP contribution is -2.47. The van der Waals surface area contributed by atoms with Crippen molar-refractivity contribution in [2.45, 2.75) is 25.3 Å². The number of rotatable bonds is 5. The van der Waals surface area contributed by atoms with Crippen LogP contribution in [0.1, 0.15) is 36.5 Å². The topological polar surface area (TPSA) is 61.7 Å². The third-order valence-electron chi connectivity index (χ3n) is 7.03. The Hall–Kier alpha value is -4.02. The Morgan fingerprint density at radius 3 is 1.80 bits per heavy atom. The van der Waals surface area contributed by atoms with Crippen molar-refractivity contribution in [3.63, 3.8) is 0 Å². The summed E-state index contributed by atoms with van der Waals surface area (Å²) >= 11 is 0. The summed E-state index contributed by atoms with van der Waals surface area (Å²) in [6.45, 7) is 2.97. The van der Waals surface area contributed by atoms with Gasteiger partial charge in [-0.05, 0) is 76.5 Å². The molecule has 174 valence electrons. The van der Waals surface area contributed by atoms with E-state index in [1.807, 2.05) is 54.6 Å². The SMILES string of the molecule is CCCCNC1(c2ccccc2)c2c(ccc3ccc(O)cc23)Oc2ccc3ccc(O)cc3c21. The highest BCUT2D eigenvalue weighted by molar-refractivity contribution is 5.97. The van der Waals surface area contributed by atoms with Gasteiger partial charge >= 0.3 is 0 Å². The van der Waals surface area contributed by atoms with Gasteiger partial charge in [0.2, 0.25) is 0 Å². The van der Waals surface area contributed by atoms with Gasteiger partial charge in [-0.3, -0.25) is 5.32 Å². The number of aromatic hydroxyl groups is 2. The van der Waals surface area contributed by atoms with Gasteiger partial charge in [-0.25, -0.2) is 0 Å². The van der Waals surface area contributed by atoms with Crippen molar-refractivity contribution in [1.82, 2.24) is 5.32 Å². The highest BCUT2D eigenvalue weighted by atomic mass is 16.5. The molecule has 35 heavy (non-hydrogen) atoms. The molecule has 5 aromatic rings. The zero-order chi connectivity index (χ0) is 24.0. The maximum Gasteiger partial charge on any atom is 0.133 e. The van der Waals surface area contributed by atoms with Crippen molar-refractivity contribution >= 4 is 21.5 Å². The van der Waals surface area contributed by atoms with Crippen LogP contribution in [0, 0.1) is 0 Å². The average molecular weight is 462 g/mol. The molecule has 0 unspecified atom stereocenters. The minimum atomic E-state index is -0.764. The molecule has 0 spiro atoms. The molecule has 0 amide bonds. The lowest BCUT2D eigenvalue weighted by Gasteiger charge is -2.43. The Morgan fingerprint density at radius 1 is 0.714 bits per heavy atom. The highest BCUT2D eigenvalue weighted by Gasteiger charge is 2.45. The molecule has 5 aromatic carbocycles. The van der Waals surface area contributed by atoms with Gasteiger partial charge in [0.15, 0.2) is 0 Å². The summed E-state index contributed by atoms with van der Waals surface area (Å²) in [4.78, 5) is 0. The minimum Gasteiger partial charge on any atom is -0.508 e. The lowest BCUT2D eigenvalue weighted by atomic mass is 9.71. The molecule has 0 aromatic heterocycles. The summed E-state index contributed by atoms with van der Waals surface area (Å²) in [6.07, 6.45) is 2.06. The summed E-state index contributed by atoms with van der Waals surface area (Å²) in [5.41, 5.74) is 2.25. The first-order chi connectivity index (χ1) is 17.1. The predicted molar refractivity (Wildman–Crippen MR) is 141 cm³/mol. The molecular formula is C31H27NO3. The number of phenols is 2. The summed E-state index contributed by atoms with van der Waals surface area (Å²) in [7, 11) is 0. The first-order valence-corrected chi connectivity index (χ1v) is 12.1.